The van der Waals surface area contributed by atoms with Crippen LogP contribution >= 0.6 is 11.3 Å². The summed E-state index contributed by atoms with van der Waals surface area (Å²) in [5.41, 5.74) is 0.476. The van der Waals surface area contributed by atoms with E-state index in [2.05, 4.69) is 4.98 Å². The Balaban J connectivity index is 2.87. The molecule has 1 aromatic rings. The molecule has 72 valence electrons. The predicted octanol–water partition coefficient (Wildman–Crippen LogP) is 2.19. The van der Waals surface area contributed by atoms with Crippen LogP contribution in [0.25, 0.3) is 0 Å². The van der Waals surface area contributed by atoms with Gasteiger partial charge in [0.25, 0.3) is 0 Å². The zero-order valence-electron chi connectivity index (χ0n) is 8.09. The minimum absolute atomic E-state index is 0.309. The molecule has 13 heavy (non-hydrogen) atoms. The van der Waals surface area contributed by atoms with Crippen molar-refractivity contribution in [1.82, 2.24) is 4.98 Å². The number of esters is 1. The lowest BCUT2D eigenvalue weighted by atomic mass is 10.4. The number of carbonyl (C=O) groups excluding carboxylic acids is 1. The molecule has 0 N–H and O–H groups in total. The van der Waals surface area contributed by atoms with Gasteiger partial charge >= 0.3 is 5.97 Å². The van der Waals surface area contributed by atoms with E-state index in [1.165, 1.54) is 0 Å². The standard InChI is InChI=1S/C9H13NO2S/c1-4-7-10-8(6(3)13-7)9(11)12-5-2/h4-5H2,1-3H3. The number of carbonyl (C=O) groups is 1. The first-order chi connectivity index (χ1) is 6.19. The minimum Gasteiger partial charge on any atom is -0.461 e. The zero-order valence-corrected chi connectivity index (χ0v) is 8.90. The van der Waals surface area contributed by atoms with Gasteiger partial charge in [-0.05, 0) is 20.3 Å². The van der Waals surface area contributed by atoms with Crippen molar-refractivity contribution in [2.24, 2.45) is 0 Å². The number of aryl methyl sites for hydroxylation is 2. The first kappa shape index (κ1) is 10.2. The number of rotatable bonds is 3. The van der Waals surface area contributed by atoms with Crippen LogP contribution in [-0.2, 0) is 11.2 Å². The van der Waals surface area contributed by atoms with Crippen molar-refractivity contribution in [1.29, 1.82) is 0 Å². The van der Waals surface area contributed by atoms with Crippen LogP contribution in [0.5, 0.6) is 0 Å². The molecule has 0 spiro atoms. The summed E-state index contributed by atoms with van der Waals surface area (Å²) in [6.45, 7) is 6.11. The highest BCUT2D eigenvalue weighted by Crippen LogP contribution is 2.18. The first-order valence-corrected chi connectivity index (χ1v) is 5.14. The highest BCUT2D eigenvalue weighted by atomic mass is 32.1. The van der Waals surface area contributed by atoms with Crippen molar-refractivity contribution in [3.63, 3.8) is 0 Å². The number of ether oxygens (including phenoxy) is 1. The van der Waals surface area contributed by atoms with E-state index in [1.807, 2.05) is 13.8 Å². The molecule has 0 bridgehead atoms. The Kier molecular flexibility index (Phi) is 3.42. The van der Waals surface area contributed by atoms with Crippen molar-refractivity contribution in [2.75, 3.05) is 6.61 Å². The first-order valence-electron chi connectivity index (χ1n) is 4.32. The fourth-order valence-corrected chi connectivity index (χ4v) is 1.85. The molecule has 0 amide bonds. The van der Waals surface area contributed by atoms with Gasteiger partial charge < -0.3 is 4.74 Å². The van der Waals surface area contributed by atoms with Crippen LogP contribution in [0, 0.1) is 6.92 Å². The van der Waals surface area contributed by atoms with Crippen molar-refractivity contribution in [2.45, 2.75) is 27.2 Å². The van der Waals surface area contributed by atoms with Gasteiger partial charge in [-0.3, -0.25) is 0 Å². The van der Waals surface area contributed by atoms with Crippen LogP contribution in [0.1, 0.15) is 34.2 Å². The average molecular weight is 199 g/mol. The van der Waals surface area contributed by atoms with Gasteiger partial charge in [-0.1, -0.05) is 6.92 Å². The van der Waals surface area contributed by atoms with Gasteiger partial charge in [-0.2, -0.15) is 0 Å². The molecule has 0 saturated heterocycles. The zero-order chi connectivity index (χ0) is 9.84. The largest absolute Gasteiger partial charge is 0.461 e. The van der Waals surface area contributed by atoms with Gasteiger partial charge in [0, 0.05) is 4.88 Å². The van der Waals surface area contributed by atoms with Gasteiger partial charge in [-0.15, -0.1) is 11.3 Å². The summed E-state index contributed by atoms with van der Waals surface area (Å²) >= 11 is 1.56. The lowest BCUT2D eigenvalue weighted by Gasteiger charge is -1.97. The number of hydrogen-bond donors (Lipinski definition) is 0. The van der Waals surface area contributed by atoms with Gasteiger partial charge in [-0.25, -0.2) is 9.78 Å². The Morgan fingerprint density at radius 1 is 1.54 bits per heavy atom. The molecule has 1 rings (SSSR count). The van der Waals surface area contributed by atoms with Crippen molar-refractivity contribution in [3.8, 4) is 0 Å². The molecule has 0 aliphatic heterocycles. The Morgan fingerprint density at radius 3 is 2.69 bits per heavy atom. The molecule has 0 fully saturated rings. The number of hydrogen-bond acceptors (Lipinski definition) is 4. The summed E-state index contributed by atoms with van der Waals surface area (Å²) in [5.74, 6) is -0.309. The highest BCUT2D eigenvalue weighted by molar-refractivity contribution is 7.11. The molecule has 3 nitrogen and oxygen atoms in total. The van der Waals surface area contributed by atoms with Crippen molar-refractivity contribution < 1.29 is 9.53 Å². The molecule has 0 saturated carbocycles. The van der Waals surface area contributed by atoms with E-state index in [9.17, 15) is 4.79 Å². The van der Waals surface area contributed by atoms with Crippen LogP contribution in [0.2, 0.25) is 0 Å². The van der Waals surface area contributed by atoms with Crippen LogP contribution in [0.15, 0.2) is 0 Å². The third-order valence-electron chi connectivity index (χ3n) is 1.61. The van der Waals surface area contributed by atoms with E-state index in [1.54, 1.807) is 18.3 Å². The Bertz CT molecular complexity index is 307. The minimum atomic E-state index is -0.309. The predicted molar refractivity (Wildman–Crippen MR) is 52.2 cm³/mol. The third kappa shape index (κ3) is 2.28. The molecule has 1 heterocycles. The molecule has 0 aliphatic carbocycles. The lowest BCUT2D eigenvalue weighted by Crippen LogP contribution is -2.06. The summed E-state index contributed by atoms with van der Waals surface area (Å²) in [6, 6.07) is 0. The van der Waals surface area contributed by atoms with Crippen LogP contribution < -0.4 is 0 Å². The lowest BCUT2D eigenvalue weighted by molar-refractivity contribution is 0.0519. The average Bonchev–Trinajstić information content (AvgIpc) is 2.47. The van der Waals surface area contributed by atoms with E-state index in [0.29, 0.717) is 12.3 Å². The maximum absolute atomic E-state index is 11.3. The van der Waals surface area contributed by atoms with Gasteiger partial charge in [0.05, 0.1) is 11.6 Å². The molecule has 4 heteroatoms. The van der Waals surface area contributed by atoms with Gasteiger partial charge in [0.1, 0.15) is 0 Å². The summed E-state index contributed by atoms with van der Waals surface area (Å²) < 4.78 is 4.87. The van der Waals surface area contributed by atoms with Gasteiger partial charge in [0.15, 0.2) is 5.69 Å². The molecule has 0 unspecified atom stereocenters. The molecule has 0 atom stereocenters. The smallest absolute Gasteiger partial charge is 0.358 e. The Labute approximate surface area is 81.8 Å². The maximum Gasteiger partial charge on any atom is 0.358 e. The highest BCUT2D eigenvalue weighted by Gasteiger charge is 2.15. The summed E-state index contributed by atoms with van der Waals surface area (Å²) in [4.78, 5) is 16.4. The SMILES string of the molecule is CCOC(=O)c1nc(CC)sc1C. The number of aromatic nitrogens is 1. The fourth-order valence-electron chi connectivity index (χ4n) is 0.991. The second-order valence-corrected chi connectivity index (χ2v) is 3.87. The van der Waals surface area contributed by atoms with E-state index in [4.69, 9.17) is 4.74 Å². The van der Waals surface area contributed by atoms with Crippen LogP contribution in [-0.4, -0.2) is 17.6 Å². The molecular weight excluding hydrogens is 186 g/mol. The van der Waals surface area contributed by atoms with Gasteiger partial charge in [0.2, 0.25) is 0 Å². The molecule has 0 aromatic carbocycles. The second-order valence-electron chi connectivity index (χ2n) is 2.59. The summed E-state index contributed by atoms with van der Waals surface area (Å²) in [5, 5.41) is 0.987. The molecular formula is C9H13NO2S. The molecule has 0 aliphatic rings. The Morgan fingerprint density at radius 2 is 2.23 bits per heavy atom. The van der Waals surface area contributed by atoms with Crippen LogP contribution in [0.3, 0.4) is 0 Å². The normalized spacial score (nSPS) is 10.1. The third-order valence-corrected chi connectivity index (χ3v) is 2.73. The van der Waals surface area contributed by atoms with E-state index in [0.717, 1.165) is 16.3 Å². The summed E-state index contributed by atoms with van der Waals surface area (Å²) in [7, 11) is 0. The maximum atomic E-state index is 11.3. The van der Waals surface area contributed by atoms with Crippen molar-refractivity contribution >= 4 is 17.3 Å². The fraction of sp³-hybridized carbons (Fsp3) is 0.556. The number of thiazole rings is 1. The van der Waals surface area contributed by atoms with Crippen LogP contribution in [0.4, 0.5) is 0 Å². The number of nitrogens with zero attached hydrogens (tertiary/aromatic N) is 1. The molecule has 1 aromatic heterocycles. The summed E-state index contributed by atoms with van der Waals surface area (Å²) in [6.07, 6.45) is 0.866. The topological polar surface area (TPSA) is 39.2 Å². The Hall–Kier alpha value is -0.900. The second kappa shape index (κ2) is 4.37. The van der Waals surface area contributed by atoms with E-state index in [-0.39, 0.29) is 5.97 Å². The van der Waals surface area contributed by atoms with E-state index < -0.39 is 0 Å². The molecule has 0 radical (unpaired) electrons. The van der Waals surface area contributed by atoms with Crippen molar-refractivity contribution in [3.05, 3.63) is 15.6 Å². The van der Waals surface area contributed by atoms with E-state index >= 15 is 0 Å². The monoisotopic (exact) mass is 199 g/mol. The quantitative estimate of drug-likeness (QED) is 0.700.